The van der Waals surface area contributed by atoms with E-state index in [0.29, 0.717) is 11.6 Å². The number of halogens is 1. The third-order valence-electron chi connectivity index (χ3n) is 6.64. The van der Waals surface area contributed by atoms with E-state index in [1.807, 2.05) is 74.8 Å². The maximum atomic E-state index is 14.0. The van der Waals surface area contributed by atoms with E-state index < -0.39 is 6.17 Å². The monoisotopic (exact) mass is 492 g/mol. The number of benzene rings is 2. The summed E-state index contributed by atoms with van der Waals surface area (Å²) in [5.74, 6) is 2.22. The first-order chi connectivity index (χ1) is 17.6. The molecule has 3 rings (SSSR count). The summed E-state index contributed by atoms with van der Waals surface area (Å²) in [6, 6.07) is 15.6. The van der Waals surface area contributed by atoms with Crippen molar-refractivity contribution in [2.75, 3.05) is 13.2 Å². The van der Waals surface area contributed by atoms with Gasteiger partial charge in [-0.2, -0.15) is 0 Å². The van der Waals surface area contributed by atoms with E-state index >= 15 is 0 Å². The van der Waals surface area contributed by atoms with Crippen LogP contribution in [0.25, 0.3) is 22.5 Å². The first-order valence-corrected chi connectivity index (χ1v) is 13.5. The maximum Gasteiger partial charge on any atom is 0.159 e. The number of ether oxygens (including phenoxy) is 2. The minimum Gasteiger partial charge on any atom is -0.494 e. The number of unbranched alkanes of at least 4 members (excludes halogenated alkanes) is 6. The van der Waals surface area contributed by atoms with Gasteiger partial charge in [-0.25, -0.2) is 14.4 Å². The van der Waals surface area contributed by atoms with Gasteiger partial charge >= 0.3 is 0 Å². The fourth-order valence-electron chi connectivity index (χ4n) is 3.92. The molecule has 1 aromatic heterocycles. The zero-order chi connectivity index (χ0) is 25.6. The number of nitrogens with zero attached hydrogens (tertiary/aromatic N) is 2. The second kappa shape index (κ2) is 15.2. The number of hydrogen-bond acceptors (Lipinski definition) is 4. The molecule has 2 unspecified atom stereocenters. The molecule has 5 heteroatoms. The standard InChI is InChI=1S/C31H41FN2O2/c1-4-6-7-8-9-10-11-20-35-28-18-14-26(15-19-28)31-33-21-27(22-34-31)25-12-16-29(17-13-25)36-23-30(32)24(3)5-2/h12-19,21-22,24,30H,4-11,20,23H2,1-3H3. The van der Waals surface area contributed by atoms with Crippen LogP contribution in [0.1, 0.15) is 72.1 Å². The molecule has 0 saturated heterocycles. The van der Waals surface area contributed by atoms with Crippen molar-refractivity contribution >= 4 is 0 Å². The molecule has 0 bridgehead atoms. The molecule has 2 aromatic carbocycles. The molecule has 0 fully saturated rings. The van der Waals surface area contributed by atoms with Gasteiger partial charge in [-0.1, -0.05) is 77.8 Å². The molecule has 0 aliphatic carbocycles. The van der Waals surface area contributed by atoms with Crippen LogP contribution in [0.15, 0.2) is 60.9 Å². The third kappa shape index (κ3) is 8.92. The highest BCUT2D eigenvalue weighted by molar-refractivity contribution is 5.64. The van der Waals surface area contributed by atoms with Gasteiger partial charge in [0.15, 0.2) is 5.82 Å². The molecule has 3 aromatic rings. The summed E-state index contributed by atoms with van der Waals surface area (Å²) < 4.78 is 25.5. The molecule has 0 spiro atoms. The van der Waals surface area contributed by atoms with Crippen molar-refractivity contribution in [3.8, 4) is 34.0 Å². The quantitative estimate of drug-likeness (QED) is 0.188. The zero-order valence-corrected chi connectivity index (χ0v) is 22.1. The van der Waals surface area contributed by atoms with E-state index in [1.54, 1.807) is 0 Å². The molecule has 0 aliphatic heterocycles. The summed E-state index contributed by atoms with van der Waals surface area (Å²) >= 11 is 0. The molecule has 194 valence electrons. The van der Waals surface area contributed by atoms with Gasteiger partial charge in [-0.15, -0.1) is 0 Å². The first-order valence-electron chi connectivity index (χ1n) is 13.5. The van der Waals surface area contributed by atoms with Gasteiger partial charge in [0, 0.05) is 23.5 Å². The van der Waals surface area contributed by atoms with Crippen molar-refractivity contribution in [1.82, 2.24) is 9.97 Å². The van der Waals surface area contributed by atoms with Crippen LogP contribution in [0.4, 0.5) is 4.39 Å². The van der Waals surface area contributed by atoms with E-state index in [4.69, 9.17) is 9.47 Å². The van der Waals surface area contributed by atoms with Gasteiger partial charge < -0.3 is 9.47 Å². The molecule has 0 amide bonds. The summed E-state index contributed by atoms with van der Waals surface area (Å²) in [4.78, 5) is 9.10. The average Bonchev–Trinajstić information content (AvgIpc) is 2.93. The van der Waals surface area contributed by atoms with E-state index in [-0.39, 0.29) is 12.5 Å². The van der Waals surface area contributed by atoms with Crippen LogP contribution in [-0.4, -0.2) is 29.4 Å². The van der Waals surface area contributed by atoms with Crippen LogP contribution in [0, 0.1) is 5.92 Å². The highest BCUT2D eigenvalue weighted by Crippen LogP contribution is 2.25. The molecular weight excluding hydrogens is 451 g/mol. The van der Waals surface area contributed by atoms with Gasteiger partial charge in [-0.05, 0) is 54.3 Å². The van der Waals surface area contributed by atoms with Crippen LogP contribution in [0.3, 0.4) is 0 Å². The van der Waals surface area contributed by atoms with Crippen LogP contribution in [0.2, 0.25) is 0 Å². The highest BCUT2D eigenvalue weighted by atomic mass is 19.1. The molecule has 1 heterocycles. The number of hydrogen-bond donors (Lipinski definition) is 0. The fourth-order valence-corrected chi connectivity index (χ4v) is 3.92. The first kappa shape index (κ1) is 27.6. The van der Waals surface area contributed by atoms with Crippen molar-refractivity contribution in [2.45, 2.75) is 78.3 Å². The highest BCUT2D eigenvalue weighted by Gasteiger charge is 2.15. The topological polar surface area (TPSA) is 44.2 Å². The van der Waals surface area contributed by atoms with Crippen molar-refractivity contribution < 1.29 is 13.9 Å². The Kier molecular flexibility index (Phi) is 11.7. The minimum absolute atomic E-state index is 0.00132. The van der Waals surface area contributed by atoms with E-state index in [1.165, 1.54) is 38.5 Å². The van der Waals surface area contributed by atoms with Crippen molar-refractivity contribution in [3.63, 3.8) is 0 Å². The number of aromatic nitrogens is 2. The van der Waals surface area contributed by atoms with Crippen LogP contribution < -0.4 is 9.47 Å². The van der Waals surface area contributed by atoms with Crippen LogP contribution in [-0.2, 0) is 0 Å². The van der Waals surface area contributed by atoms with Crippen LogP contribution >= 0.6 is 0 Å². The Bertz CT molecular complexity index is 991. The normalized spacial score (nSPS) is 12.8. The fraction of sp³-hybridized carbons (Fsp3) is 0.484. The minimum atomic E-state index is -0.957. The smallest absolute Gasteiger partial charge is 0.159 e. The van der Waals surface area contributed by atoms with E-state index in [2.05, 4.69) is 16.9 Å². The Hall–Kier alpha value is -2.95. The molecule has 4 nitrogen and oxygen atoms in total. The summed E-state index contributed by atoms with van der Waals surface area (Å²) in [5.41, 5.74) is 2.86. The Morgan fingerprint density at radius 2 is 1.25 bits per heavy atom. The van der Waals surface area contributed by atoms with Gasteiger partial charge in [0.05, 0.1) is 6.61 Å². The molecule has 0 aliphatic rings. The lowest BCUT2D eigenvalue weighted by molar-refractivity contribution is 0.145. The lowest BCUT2D eigenvalue weighted by Gasteiger charge is -2.15. The van der Waals surface area contributed by atoms with Crippen molar-refractivity contribution in [1.29, 1.82) is 0 Å². The Balaban J connectivity index is 1.46. The van der Waals surface area contributed by atoms with E-state index in [9.17, 15) is 4.39 Å². The molecular formula is C31H41FN2O2. The summed E-state index contributed by atoms with van der Waals surface area (Å²) in [6.07, 6.45) is 12.4. The second-order valence-electron chi connectivity index (χ2n) is 9.53. The van der Waals surface area contributed by atoms with Crippen molar-refractivity contribution in [2.24, 2.45) is 5.92 Å². The predicted octanol–water partition coefficient (Wildman–Crippen LogP) is 8.70. The maximum absolute atomic E-state index is 14.0. The summed E-state index contributed by atoms with van der Waals surface area (Å²) in [6.45, 7) is 6.98. The average molecular weight is 493 g/mol. The van der Waals surface area contributed by atoms with Gasteiger partial charge in [0.1, 0.15) is 24.3 Å². The third-order valence-corrected chi connectivity index (χ3v) is 6.64. The zero-order valence-electron chi connectivity index (χ0n) is 22.1. The number of alkyl halides is 1. The number of rotatable bonds is 16. The molecule has 0 N–H and O–H groups in total. The summed E-state index contributed by atoms with van der Waals surface area (Å²) in [5, 5.41) is 0. The Morgan fingerprint density at radius 1 is 0.694 bits per heavy atom. The Morgan fingerprint density at radius 3 is 1.86 bits per heavy atom. The van der Waals surface area contributed by atoms with Crippen LogP contribution in [0.5, 0.6) is 11.5 Å². The van der Waals surface area contributed by atoms with E-state index in [0.717, 1.165) is 41.9 Å². The second-order valence-corrected chi connectivity index (χ2v) is 9.53. The molecule has 0 saturated carbocycles. The molecule has 2 atom stereocenters. The van der Waals surface area contributed by atoms with Gasteiger partial charge in [0.2, 0.25) is 0 Å². The molecule has 36 heavy (non-hydrogen) atoms. The van der Waals surface area contributed by atoms with Crippen molar-refractivity contribution in [3.05, 3.63) is 60.9 Å². The lowest BCUT2D eigenvalue weighted by atomic mass is 10.0. The van der Waals surface area contributed by atoms with Gasteiger partial charge in [-0.3, -0.25) is 0 Å². The summed E-state index contributed by atoms with van der Waals surface area (Å²) in [7, 11) is 0. The lowest BCUT2D eigenvalue weighted by Crippen LogP contribution is -2.20. The molecule has 0 radical (unpaired) electrons. The Labute approximate surface area is 216 Å². The van der Waals surface area contributed by atoms with Gasteiger partial charge in [0.25, 0.3) is 0 Å². The largest absolute Gasteiger partial charge is 0.494 e. The SMILES string of the molecule is CCCCCCCCCOc1ccc(-c2ncc(-c3ccc(OCC(F)C(C)CC)cc3)cn2)cc1. The predicted molar refractivity (Wildman–Crippen MR) is 146 cm³/mol.